The molecule has 0 aliphatic carbocycles. The van der Waals surface area contributed by atoms with Gasteiger partial charge in [-0.3, -0.25) is 0 Å². The fourth-order valence-electron chi connectivity index (χ4n) is 2.81. The molecule has 1 aliphatic heterocycles. The van der Waals surface area contributed by atoms with E-state index in [4.69, 9.17) is 9.47 Å². The van der Waals surface area contributed by atoms with Gasteiger partial charge in [0.2, 0.25) is 6.29 Å². The van der Waals surface area contributed by atoms with E-state index in [1.54, 1.807) is 0 Å². The maximum absolute atomic E-state index is 10.2. The molecule has 0 amide bonds. The molecule has 1 aromatic rings. The zero-order chi connectivity index (χ0) is 18.9. The van der Waals surface area contributed by atoms with Crippen molar-refractivity contribution in [2.45, 2.75) is 70.2 Å². The number of rotatable bonds is 4. The largest absolute Gasteiger partial charge is 0.461 e. The first-order chi connectivity index (χ1) is 11.6. The highest BCUT2D eigenvalue weighted by Gasteiger charge is 2.45. The first kappa shape index (κ1) is 20.9. The van der Waals surface area contributed by atoms with E-state index in [-0.39, 0.29) is 5.41 Å². The Morgan fingerprint density at radius 1 is 1.12 bits per heavy atom. The number of halogens is 1. The molecule has 4 N–H and O–H groups in total. The minimum Gasteiger partial charge on any atom is -0.461 e. The monoisotopic (exact) mass is 466 g/mol. The molecule has 1 saturated heterocycles. The van der Waals surface area contributed by atoms with Gasteiger partial charge in [0.05, 0.1) is 10.2 Å². The van der Waals surface area contributed by atoms with Crippen LogP contribution in [-0.4, -0.2) is 57.7 Å². The molecule has 2 rings (SSSR count). The van der Waals surface area contributed by atoms with Crippen molar-refractivity contribution in [2.75, 3.05) is 6.61 Å². The highest BCUT2D eigenvalue weighted by molar-refractivity contribution is 14.1. The summed E-state index contributed by atoms with van der Waals surface area (Å²) >= 11 is 2.18. The summed E-state index contributed by atoms with van der Waals surface area (Å²) < 4.78 is 12.3. The molecule has 6 nitrogen and oxygen atoms in total. The van der Waals surface area contributed by atoms with Crippen molar-refractivity contribution in [1.82, 2.24) is 0 Å². The Morgan fingerprint density at radius 2 is 1.76 bits per heavy atom. The highest BCUT2D eigenvalue weighted by Crippen LogP contribution is 2.38. The van der Waals surface area contributed by atoms with Crippen LogP contribution in [0.15, 0.2) is 12.1 Å². The maximum atomic E-state index is 10.2. The van der Waals surface area contributed by atoms with E-state index in [2.05, 4.69) is 56.4 Å². The third-order valence-electron chi connectivity index (χ3n) is 4.40. The van der Waals surface area contributed by atoms with Crippen LogP contribution >= 0.6 is 22.6 Å². The minimum absolute atomic E-state index is 0.200. The molecule has 1 aromatic carbocycles. The number of hydrogen-bond donors (Lipinski definition) is 4. The van der Waals surface area contributed by atoms with Crippen LogP contribution in [0.4, 0.5) is 0 Å². The van der Waals surface area contributed by atoms with Crippen molar-refractivity contribution >= 4 is 22.6 Å². The third-order valence-corrected chi connectivity index (χ3v) is 5.20. The second-order valence-corrected chi connectivity index (χ2v) is 8.54. The van der Waals surface area contributed by atoms with Gasteiger partial charge in [-0.25, -0.2) is 0 Å². The molecule has 1 aliphatic rings. The molecule has 0 saturated carbocycles. The van der Waals surface area contributed by atoms with Gasteiger partial charge in [-0.1, -0.05) is 33.8 Å². The van der Waals surface area contributed by atoms with Crippen LogP contribution in [0.5, 0.6) is 5.75 Å². The number of benzene rings is 1. The first-order valence-corrected chi connectivity index (χ1v) is 9.48. The van der Waals surface area contributed by atoms with E-state index in [9.17, 15) is 20.4 Å². The van der Waals surface area contributed by atoms with E-state index in [1.807, 2.05) is 6.07 Å². The van der Waals surface area contributed by atoms with Crippen LogP contribution in [0.25, 0.3) is 0 Å². The fraction of sp³-hybridized carbons (Fsp3) is 0.667. The van der Waals surface area contributed by atoms with Gasteiger partial charge in [0.1, 0.15) is 30.2 Å². The summed E-state index contributed by atoms with van der Waals surface area (Å²) in [6.45, 7) is 7.80. The SMILES string of the molecule is CCc1cc(I)c(O[C@@H]2O[C@H](CO)[C@@H](O)[C@H](O)[C@H]2O)c(C(C)(C)C)c1. The first-order valence-electron chi connectivity index (χ1n) is 8.40. The quantitative estimate of drug-likeness (QED) is 0.500. The molecule has 1 heterocycles. The second kappa shape index (κ2) is 8.06. The van der Waals surface area contributed by atoms with Crippen molar-refractivity contribution in [2.24, 2.45) is 0 Å². The van der Waals surface area contributed by atoms with Crippen molar-refractivity contribution in [3.63, 3.8) is 0 Å². The van der Waals surface area contributed by atoms with Gasteiger partial charge in [0.25, 0.3) is 0 Å². The summed E-state index contributed by atoms with van der Waals surface area (Å²) in [5, 5.41) is 39.4. The maximum Gasteiger partial charge on any atom is 0.229 e. The van der Waals surface area contributed by atoms with Crippen molar-refractivity contribution in [3.05, 3.63) is 26.8 Å². The standard InChI is InChI=1S/C18H27IO6/c1-5-9-6-10(18(2,3)4)16(11(19)7-9)25-17-15(23)14(22)13(21)12(8-20)24-17/h6-7,12-15,17,20-23H,5,8H2,1-4H3/t12-,13-,14+,15-,17+/m1/s1. The summed E-state index contributed by atoms with van der Waals surface area (Å²) in [5.74, 6) is 0.578. The zero-order valence-electron chi connectivity index (χ0n) is 14.9. The van der Waals surface area contributed by atoms with Crippen molar-refractivity contribution in [3.8, 4) is 5.75 Å². The topological polar surface area (TPSA) is 99.4 Å². The molecular weight excluding hydrogens is 439 g/mol. The van der Waals surface area contributed by atoms with Crippen LogP contribution in [0.3, 0.4) is 0 Å². The fourth-order valence-corrected chi connectivity index (χ4v) is 3.63. The van der Waals surface area contributed by atoms with Gasteiger partial charge in [-0.15, -0.1) is 0 Å². The molecule has 1 fully saturated rings. The lowest BCUT2D eigenvalue weighted by atomic mass is 9.85. The Hall–Kier alpha value is -0.450. The average Bonchev–Trinajstić information content (AvgIpc) is 2.55. The lowest BCUT2D eigenvalue weighted by Crippen LogP contribution is -2.60. The predicted octanol–water partition coefficient (Wildman–Crippen LogP) is 1.33. The number of aliphatic hydroxyl groups excluding tert-OH is 4. The predicted molar refractivity (Wildman–Crippen MR) is 102 cm³/mol. The lowest BCUT2D eigenvalue weighted by molar-refractivity contribution is -0.277. The Kier molecular flexibility index (Phi) is 6.72. The summed E-state index contributed by atoms with van der Waals surface area (Å²) in [7, 11) is 0. The molecule has 5 atom stereocenters. The molecular formula is C18H27IO6. The molecule has 0 radical (unpaired) electrons. The second-order valence-electron chi connectivity index (χ2n) is 7.37. The Balaban J connectivity index is 2.39. The van der Waals surface area contributed by atoms with Gasteiger partial charge in [-0.05, 0) is 46.1 Å². The molecule has 0 bridgehead atoms. The third kappa shape index (κ3) is 4.45. The summed E-state index contributed by atoms with van der Waals surface area (Å²) in [6.07, 6.45) is -5.57. The molecule has 0 aromatic heterocycles. The number of aliphatic hydroxyl groups is 4. The van der Waals surface area contributed by atoms with E-state index in [1.165, 1.54) is 5.56 Å². The van der Waals surface area contributed by atoms with Crippen molar-refractivity contribution < 1.29 is 29.9 Å². The molecule has 142 valence electrons. The zero-order valence-corrected chi connectivity index (χ0v) is 17.1. The van der Waals surface area contributed by atoms with Gasteiger partial charge in [0.15, 0.2) is 0 Å². The average molecular weight is 466 g/mol. The van der Waals surface area contributed by atoms with Crippen LogP contribution in [0, 0.1) is 3.57 Å². The van der Waals surface area contributed by atoms with Crippen LogP contribution in [0.1, 0.15) is 38.8 Å². The van der Waals surface area contributed by atoms with Gasteiger partial charge >= 0.3 is 0 Å². The summed E-state index contributed by atoms with van der Waals surface area (Å²) in [6, 6.07) is 4.08. The molecule has 7 heteroatoms. The Labute approximate surface area is 161 Å². The van der Waals surface area contributed by atoms with Crippen LogP contribution in [0.2, 0.25) is 0 Å². The number of hydrogen-bond acceptors (Lipinski definition) is 6. The summed E-state index contributed by atoms with van der Waals surface area (Å²) in [5.41, 5.74) is 1.94. The summed E-state index contributed by atoms with van der Waals surface area (Å²) in [4.78, 5) is 0. The molecule has 0 unspecified atom stereocenters. The van der Waals surface area contributed by atoms with E-state index < -0.39 is 37.3 Å². The molecule has 25 heavy (non-hydrogen) atoms. The minimum atomic E-state index is -1.46. The van der Waals surface area contributed by atoms with Gasteiger partial charge in [0, 0.05) is 5.56 Å². The van der Waals surface area contributed by atoms with Gasteiger partial charge in [-0.2, -0.15) is 0 Å². The smallest absolute Gasteiger partial charge is 0.229 e. The number of aryl methyl sites for hydroxylation is 1. The van der Waals surface area contributed by atoms with Gasteiger partial charge < -0.3 is 29.9 Å². The highest BCUT2D eigenvalue weighted by atomic mass is 127. The Bertz CT molecular complexity index is 598. The van der Waals surface area contributed by atoms with E-state index in [0.29, 0.717) is 5.75 Å². The van der Waals surface area contributed by atoms with Crippen molar-refractivity contribution in [1.29, 1.82) is 0 Å². The van der Waals surface area contributed by atoms with E-state index >= 15 is 0 Å². The van der Waals surface area contributed by atoms with E-state index in [0.717, 1.165) is 15.6 Å². The Morgan fingerprint density at radius 3 is 2.28 bits per heavy atom. The number of ether oxygens (including phenoxy) is 2. The lowest BCUT2D eigenvalue weighted by Gasteiger charge is -2.40. The van der Waals surface area contributed by atoms with Crippen LogP contribution in [-0.2, 0) is 16.6 Å². The molecule has 0 spiro atoms. The normalized spacial score (nSPS) is 30.4. The van der Waals surface area contributed by atoms with Crippen LogP contribution < -0.4 is 4.74 Å².